The molecule has 152 valence electrons. The van der Waals surface area contributed by atoms with E-state index < -0.39 is 0 Å². The Kier molecular flexibility index (Phi) is 6.92. The molecule has 29 heavy (non-hydrogen) atoms. The summed E-state index contributed by atoms with van der Waals surface area (Å²) in [6.45, 7) is 6.36. The van der Waals surface area contributed by atoms with E-state index >= 15 is 0 Å². The van der Waals surface area contributed by atoms with Crippen LogP contribution < -0.4 is 5.32 Å². The van der Waals surface area contributed by atoms with Crippen molar-refractivity contribution in [3.63, 3.8) is 0 Å². The lowest BCUT2D eigenvalue weighted by Gasteiger charge is -2.18. The number of nitrogens with one attached hydrogen (secondary N) is 1. The number of carbonyl (C=O) groups excluding carboxylic acids is 1. The van der Waals surface area contributed by atoms with Crippen LogP contribution in [0.25, 0.3) is 11.4 Å². The van der Waals surface area contributed by atoms with Crippen molar-refractivity contribution in [1.82, 2.24) is 20.1 Å². The summed E-state index contributed by atoms with van der Waals surface area (Å²) in [6, 6.07) is 13.3. The van der Waals surface area contributed by atoms with Crippen molar-refractivity contribution in [2.75, 3.05) is 0 Å². The van der Waals surface area contributed by atoms with Crippen LogP contribution in [0.2, 0.25) is 5.02 Å². The van der Waals surface area contributed by atoms with Gasteiger partial charge in [-0.05, 0) is 50.6 Å². The molecule has 2 aromatic carbocycles. The van der Waals surface area contributed by atoms with Crippen LogP contribution in [-0.4, -0.2) is 25.9 Å². The molecule has 5 nitrogen and oxygen atoms in total. The Morgan fingerprint density at radius 3 is 2.59 bits per heavy atom. The molecule has 1 N–H and O–H groups in total. The first-order valence-corrected chi connectivity index (χ1v) is 10.6. The summed E-state index contributed by atoms with van der Waals surface area (Å²) in [6.07, 6.45) is 0. The van der Waals surface area contributed by atoms with Crippen molar-refractivity contribution in [1.29, 1.82) is 0 Å². The number of hydrogen-bond acceptors (Lipinski definition) is 4. The van der Waals surface area contributed by atoms with Gasteiger partial charge in [0.25, 0.3) is 0 Å². The van der Waals surface area contributed by atoms with E-state index in [1.165, 1.54) is 23.9 Å². The van der Waals surface area contributed by atoms with Crippen molar-refractivity contribution >= 4 is 29.3 Å². The minimum atomic E-state index is -0.375. The van der Waals surface area contributed by atoms with Gasteiger partial charge in [-0.25, -0.2) is 4.39 Å². The molecule has 0 fully saturated rings. The number of halogens is 2. The quantitative estimate of drug-likeness (QED) is 0.526. The lowest BCUT2D eigenvalue weighted by atomic mass is 10.1. The van der Waals surface area contributed by atoms with Crippen LogP contribution >= 0.6 is 23.4 Å². The first kappa shape index (κ1) is 21.3. The van der Waals surface area contributed by atoms with Crippen molar-refractivity contribution in [2.45, 2.75) is 43.8 Å². The summed E-state index contributed by atoms with van der Waals surface area (Å²) in [7, 11) is 0. The Morgan fingerprint density at radius 2 is 1.93 bits per heavy atom. The van der Waals surface area contributed by atoms with Gasteiger partial charge in [0.05, 0.1) is 11.3 Å². The van der Waals surface area contributed by atoms with Crippen molar-refractivity contribution in [3.8, 4) is 11.4 Å². The van der Waals surface area contributed by atoms with E-state index in [4.69, 9.17) is 11.6 Å². The highest BCUT2D eigenvalue weighted by Crippen LogP contribution is 2.28. The molecule has 0 saturated heterocycles. The Labute approximate surface area is 178 Å². The Bertz CT molecular complexity index is 993. The summed E-state index contributed by atoms with van der Waals surface area (Å²) < 4.78 is 15.0. The van der Waals surface area contributed by atoms with E-state index in [2.05, 4.69) is 15.5 Å². The summed E-state index contributed by atoms with van der Waals surface area (Å²) in [5.74, 6) is 0.289. The molecule has 3 aromatic rings. The van der Waals surface area contributed by atoms with Gasteiger partial charge < -0.3 is 9.88 Å². The first-order chi connectivity index (χ1) is 13.9. The van der Waals surface area contributed by atoms with Gasteiger partial charge in [-0.3, -0.25) is 4.79 Å². The number of amides is 1. The van der Waals surface area contributed by atoms with Gasteiger partial charge in [0, 0.05) is 17.1 Å². The second-order valence-corrected chi connectivity index (χ2v) is 8.35. The summed E-state index contributed by atoms with van der Waals surface area (Å²) in [5.41, 5.74) is 1.72. The number of rotatable bonds is 7. The molecule has 0 aliphatic heterocycles. The van der Waals surface area contributed by atoms with Gasteiger partial charge in [-0.15, -0.1) is 10.2 Å². The van der Waals surface area contributed by atoms with Gasteiger partial charge in [0.1, 0.15) is 5.82 Å². The number of benzene rings is 2. The summed E-state index contributed by atoms with van der Waals surface area (Å²) in [4.78, 5) is 12.6. The van der Waals surface area contributed by atoms with Crippen LogP contribution in [0.1, 0.15) is 32.4 Å². The fraction of sp³-hybridized carbons (Fsp3) is 0.286. The van der Waals surface area contributed by atoms with E-state index in [-0.39, 0.29) is 23.0 Å². The molecule has 2 atom stereocenters. The van der Waals surface area contributed by atoms with Gasteiger partial charge in [-0.1, -0.05) is 47.6 Å². The molecular weight excluding hydrogens is 411 g/mol. The molecule has 0 aliphatic rings. The number of carbonyl (C=O) groups is 1. The second-order valence-electron chi connectivity index (χ2n) is 6.60. The topological polar surface area (TPSA) is 59.8 Å². The van der Waals surface area contributed by atoms with E-state index in [0.29, 0.717) is 22.5 Å². The molecule has 0 aliphatic carbocycles. The molecule has 2 unspecified atom stereocenters. The van der Waals surface area contributed by atoms with E-state index in [1.54, 1.807) is 12.1 Å². The Hall–Kier alpha value is -2.38. The fourth-order valence-electron chi connectivity index (χ4n) is 2.88. The number of aromatic nitrogens is 3. The van der Waals surface area contributed by atoms with Crippen LogP contribution in [0, 0.1) is 5.82 Å². The van der Waals surface area contributed by atoms with Crippen molar-refractivity contribution in [3.05, 3.63) is 64.9 Å². The standard InChI is InChI=1S/C21H22ClFN4OS/c1-4-27-19(16-6-5-7-17(22)12-16)25-26-21(27)29-14(3)20(28)24-13(2)15-8-10-18(23)11-9-15/h5-14H,4H2,1-3H3,(H,24,28). The zero-order chi connectivity index (χ0) is 21.0. The normalized spacial score (nSPS) is 13.1. The summed E-state index contributed by atoms with van der Waals surface area (Å²) in [5, 5.41) is 12.4. The summed E-state index contributed by atoms with van der Waals surface area (Å²) >= 11 is 7.44. The molecular formula is C21H22ClFN4OS. The molecule has 0 spiro atoms. The fourth-order valence-corrected chi connectivity index (χ4v) is 3.99. The van der Waals surface area contributed by atoms with Crippen LogP contribution in [-0.2, 0) is 11.3 Å². The second kappa shape index (κ2) is 9.41. The largest absolute Gasteiger partial charge is 0.349 e. The van der Waals surface area contributed by atoms with Gasteiger partial charge in [-0.2, -0.15) is 0 Å². The van der Waals surface area contributed by atoms with E-state index in [9.17, 15) is 9.18 Å². The predicted molar refractivity (Wildman–Crippen MR) is 114 cm³/mol. The smallest absolute Gasteiger partial charge is 0.233 e. The monoisotopic (exact) mass is 432 g/mol. The maximum atomic E-state index is 13.1. The molecule has 8 heteroatoms. The predicted octanol–water partition coefficient (Wildman–Crippen LogP) is 5.12. The third kappa shape index (κ3) is 5.16. The average Bonchev–Trinajstić information content (AvgIpc) is 3.10. The first-order valence-electron chi connectivity index (χ1n) is 9.30. The maximum Gasteiger partial charge on any atom is 0.233 e. The molecule has 0 bridgehead atoms. The van der Waals surface area contributed by atoms with Gasteiger partial charge >= 0.3 is 0 Å². The highest BCUT2D eigenvalue weighted by Gasteiger charge is 2.22. The molecule has 3 rings (SSSR count). The van der Waals surface area contributed by atoms with Crippen LogP contribution in [0.15, 0.2) is 53.7 Å². The third-order valence-corrected chi connectivity index (χ3v) is 5.81. The zero-order valence-electron chi connectivity index (χ0n) is 16.4. The van der Waals surface area contributed by atoms with Crippen LogP contribution in [0.4, 0.5) is 4.39 Å². The number of nitrogens with zero attached hydrogens (tertiary/aromatic N) is 3. The lowest BCUT2D eigenvalue weighted by Crippen LogP contribution is -2.33. The van der Waals surface area contributed by atoms with E-state index in [1.807, 2.05) is 49.6 Å². The zero-order valence-corrected chi connectivity index (χ0v) is 18.0. The van der Waals surface area contributed by atoms with Crippen LogP contribution in [0.5, 0.6) is 0 Å². The van der Waals surface area contributed by atoms with E-state index in [0.717, 1.165) is 11.1 Å². The van der Waals surface area contributed by atoms with Crippen molar-refractivity contribution < 1.29 is 9.18 Å². The number of thioether (sulfide) groups is 1. The molecule has 1 heterocycles. The van der Waals surface area contributed by atoms with Gasteiger partial charge in [0.15, 0.2) is 11.0 Å². The average molecular weight is 433 g/mol. The lowest BCUT2D eigenvalue weighted by molar-refractivity contribution is -0.120. The molecule has 0 radical (unpaired) electrons. The molecule has 0 saturated carbocycles. The highest BCUT2D eigenvalue weighted by molar-refractivity contribution is 8.00. The number of hydrogen-bond donors (Lipinski definition) is 1. The third-order valence-electron chi connectivity index (χ3n) is 4.50. The van der Waals surface area contributed by atoms with Crippen molar-refractivity contribution in [2.24, 2.45) is 0 Å². The minimum Gasteiger partial charge on any atom is -0.349 e. The minimum absolute atomic E-state index is 0.123. The molecule has 1 amide bonds. The maximum absolute atomic E-state index is 13.1. The SMILES string of the molecule is CCn1c(SC(C)C(=O)NC(C)c2ccc(F)cc2)nnc1-c1cccc(Cl)c1. The Morgan fingerprint density at radius 1 is 1.21 bits per heavy atom. The van der Waals surface area contributed by atoms with Crippen LogP contribution in [0.3, 0.4) is 0 Å². The molecule has 1 aromatic heterocycles. The Balaban J connectivity index is 1.70. The highest BCUT2D eigenvalue weighted by atomic mass is 35.5. The van der Waals surface area contributed by atoms with Gasteiger partial charge in [0.2, 0.25) is 5.91 Å².